The lowest BCUT2D eigenvalue weighted by Crippen LogP contribution is -2.66. The van der Waals surface area contributed by atoms with E-state index in [0.29, 0.717) is 24.8 Å². The van der Waals surface area contributed by atoms with E-state index >= 15 is 0 Å². The number of aliphatic hydroxyl groups excluding tert-OH is 2. The molecule has 4 aliphatic carbocycles. The topological polar surface area (TPSA) is 134 Å². The molecule has 0 aromatic carbocycles. The molecule has 8 nitrogen and oxygen atoms in total. The Bertz CT molecular complexity index is 1200. The molecule has 1 spiro atoms. The van der Waals surface area contributed by atoms with Gasteiger partial charge in [0.2, 0.25) is 0 Å². The number of esters is 1. The highest BCUT2D eigenvalue weighted by Gasteiger charge is 2.85. The summed E-state index contributed by atoms with van der Waals surface area (Å²) in [4.78, 5) is 39.0. The maximum absolute atomic E-state index is 14.3. The van der Waals surface area contributed by atoms with Crippen LogP contribution in [0.2, 0.25) is 0 Å². The monoisotopic (exact) mass is 544 g/mol. The molecule has 5 rings (SSSR count). The maximum Gasteiger partial charge on any atom is 0.308 e. The Labute approximate surface area is 230 Å². The molecular weight excluding hydrogens is 500 g/mol. The third kappa shape index (κ3) is 3.35. The van der Waals surface area contributed by atoms with Gasteiger partial charge in [-0.3, -0.25) is 14.4 Å². The van der Waals surface area contributed by atoms with Crippen LogP contribution in [0.4, 0.5) is 0 Å². The van der Waals surface area contributed by atoms with Crippen molar-refractivity contribution < 1.29 is 39.2 Å². The highest BCUT2D eigenvalue weighted by Crippen LogP contribution is 2.79. The van der Waals surface area contributed by atoms with E-state index in [0.717, 1.165) is 5.57 Å². The molecule has 3 fully saturated rings. The summed E-state index contributed by atoms with van der Waals surface area (Å²) in [6, 6.07) is 0. The van der Waals surface area contributed by atoms with Crippen molar-refractivity contribution in [2.24, 2.45) is 33.5 Å². The van der Waals surface area contributed by atoms with Crippen LogP contribution in [0, 0.1) is 33.5 Å². The van der Waals surface area contributed by atoms with Crippen LogP contribution in [-0.4, -0.2) is 69.5 Å². The van der Waals surface area contributed by atoms with Gasteiger partial charge in [-0.15, -0.1) is 0 Å². The summed E-state index contributed by atoms with van der Waals surface area (Å²) in [5, 5.41) is 34.3. The van der Waals surface area contributed by atoms with Gasteiger partial charge in [0.05, 0.1) is 42.4 Å². The summed E-state index contributed by atoms with van der Waals surface area (Å²) in [6.07, 6.45) is 3.15. The zero-order chi connectivity index (χ0) is 29.1. The molecule has 1 heterocycles. The predicted molar refractivity (Wildman–Crippen MR) is 142 cm³/mol. The van der Waals surface area contributed by atoms with E-state index in [1.807, 2.05) is 6.92 Å². The smallest absolute Gasteiger partial charge is 0.308 e. The van der Waals surface area contributed by atoms with Crippen molar-refractivity contribution >= 4 is 17.5 Å². The SMILES string of the molecule is COC(=O)[C@@H](C)CC(=O)C[C@](C)(O)C1=C[C@@H](O)[C@]2(C)[C@]1(C)C(=O)C=C1[C@]23O[C@H]3C[C@H]2C(C)(C)[C@@H](O)CC[C@]12C. The van der Waals surface area contributed by atoms with Gasteiger partial charge in [0.25, 0.3) is 0 Å². The number of carbonyl (C=O) groups is 3. The largest absolute Gasteiger partial charge is 0.469 e. The van der Waals surface area contributed by atoms with Gasteiger partial charge in [-0.1, -0.05) is 40.7 Å². The zero-order valence-electron chi connectivity index (χ0n) is 24.5. The Balaban J connectivity index is 1.54. The fourth-order valence-electron chi connectivity index (χ4n) is 9.43. The quantitative estimate of drug-likeness (QED) is 0.264. The first kappa shape index (κ1) is 28.7. The summed E-state index contributed by atoms with van der Waals surface area (Å²) in [6.45, 7) is 13.1. The van der Waals surface area contributed by atoms with Crippen LogP contribution < -0.4 is 0 Å². The molecule has 0 bridgehead atoms. The molecule has 0 unspecified atom stereocenters. The van der Waals surface area contributed by atoms with E-state index < -0.39 is 46.1 Å². The average Bonchev–Trinajstić information content (AvgIpc) is 3.53. The van der Waals surface area contributed by atoms with E-state index in [9.17, 15) is 29.7 Å². The van der Waals surface area contributed by atoms with Crippen LogP contribution in [0.5, 0.6) is 0 Å². The van der Waals surface area contributed by atoms with Crippen LogP contribution in [-0.2, 0) is 23.9 Å². The van der Waals surface area contributed by atoms with Crippen molar-refractivity contribution in [1.29, 1.82) is 0 Å². The Hall–Kier alpha value is -1.87. The Morgan fingerprint density at radius 2 is 1.85 bits per heavy atom. The number of methoxy groups -OCH3 is 1. The molecule has 0 amide bonds. The second-order valence-corrected chi connectivity index (χ2v) is 14.3. The number of hydrogen-bond donors (Lipinski definition) is 3. The van der Waals surface area contributed by atoms with Crippen LogP contribution in [0.1, 0.15) is 80.6 Å². The van der Waals surface area contributed by atoms with Gasteiger partial charge in [-0.2, -0.15) is 0 Å². The van der Waals surface area contributed by atoms with E-state index in [-0.39, 0.29) is 47.3 Å². The molecule has 216 valence electrons. The number of fused-ring (bicyclic) bond motifs is 3. The lowest BCUT2D eigenvalue weighted by molar-refractivity contribution is -0.147. The zero-order valence-corrected chi connectivity index (χ0v) is 24.5. The third-order valence-corrected chi connectivity index (χ3v) is 11.9. The van der Waals surface area contributed by atoms with Gasteiger partial charge in [0, 0.05) is 18.3 Å². The first-order valence-electron chi connectivity index (χ1n) is 14.2. The van der Waals surface area contributed by atoms with Crippen molar-refractivity contribution in [3.8, 4) is 0 Å². The molecular formula is C31H44O8. The number of Topliss-reactive ketones (excluding diaryl/α,β-unsaturated/α-hetero) is 1. The van der Waals surface area contributed by atoms with Crippen molar-refractivity contribution in [1.82, 2.24) is 0 Å². The molecule has 39 heavy (non-hydrogen) atoms. The Kier molecular flexibility index (Phi) is 6.13. The number of carbonyl (C=O) groups excluding carboxylic acids is 3. The molecule has 0 aromatic heterocycles. The van der Waals surface area contributed by atoms with E-state index in [4.69, 9.17) is 9.47 Å². The number of hydrogen-bond acceptors (Lipinski definition) is 8. The summed E-state index contributed by atoms with van der Waals surface area (Å²) < 4.78 is 11.3. The van der Waals surface area contributed by atoms with Crippen molar-refractivity contribution in [3.63, 3.8) is 0 Å². The Morgan fingerprint density at radius 1 is 1.21 bits per heavy atom. The second kappa shape index (κ2) is 8.34. The summed E-state index contributed by atoms with van der Waals surface area (Å²) in [5.41, 5.74) is -4.54. The number of rotatable bonds is 6. The molecule has 0 aromatic rings. The maximum atomic E-state index is 14.3. The first-order chi connectivity index (χ1) is 17.9. The van der Waals surface area contributed by atoms with Crippen LogP contribution in [0.3, 0.4) is 0 Å². The molecule has 0 radical (unpaired) electrons. The highest BCUT2D eigenvalue weighted by atomic mass is 16.6. The fourth-order valence-corrected chi connectivity index (χ4v) is 9.43. The number of allylic oxidation sites excluding steroid dienone is 1. The molecule has 5 aliphatic rings. The average molecular weight is 545 g/mol. The summed E-state index contributed by atoms with van der Waals surface area (Å²) >= 11 is 0. The van der Waals surface area contributed by atoms with Crippen LogP contribution in [0.15, 0.2) is 23.3 Å². The number of ether oxygens (including phenoxy) is 2. The lowest BCUT2D eigenvalue weighted by Gasteiger charge is -2.62. The minimum atomic E-state index is -1.72. The van der Waals surface area contributed by atoms with Crippen molar-refractivity contribution in [2.45, 2.75) is 110 Å². The second-order valence-electron chi connectivity index (χ2n) is 14.3. The minimum Gasteiger partial charge on any atom is -0.469 e. The summed E-state index contributed by atoms with van der Waals surface area (Å²) in [5.74, 6) is -1.61. The van der Waals surface area contributed by atoms with Gasteiger partial charge in [-0.25, -0.2) is 0 Å². The normalized spacial score (nSPS) is 45.9. The molecule has 8 heteroatoms. The van der Waals surface area contributed by atoms with E-state index in [1.165, 1.54) is 14.0 Å². The number of ketones is 2. The van der Waals surface area contributed by atoms with Gasteiger partial charge < -0.3 is 24.8 Å². The third-order valence-electron chi connectivity index (χ3n) is 11.9. The molecule has 10 atom stereocenters. The molecule has 1 aliphatic heterocycles. The molecule has 1 saturated heterocycles. The lowest BCUT2D eigenvalue weighted by atomic mass is 9.40. The standard InChI is InChI=1S/C31H44O8/c1-16(25(36)38-8)11-17(32)15-28(5,37)20-13-23(35)30(7)29(20,6)22(34)12-19-27(4)10-9-21(33)26(2,3)18(27)14-24-31(19,30)39-24/h12-13,16,18,21,23-24,33,35,37H,9-11,14-15H2,1-8H3/t16-,18-,21-,23+,24-,27-,28-,29-,30+,31+/m0/s1. The van der Waals surface area contributed by atoms with Gasteiger partial charge in [-0.05, 0) is 67.1 Å². The molecule has 3 N–H and O–H groups in total. The summed E-state index contributed by atoms with van der Waals surface area (Å²) in [7, 11) is 1.26. The fraction of sp³-hybridized carbons (Fsp3) is 0.774. The van der Waals surface area contributed by atoms with Crippen LogP contribution in [0.25, 0.3) is 0 Å². The van der Waals surface area contributed by atoms with Crippen molar-refractivity contribution in [3.05, 3.63) is 23.3 Å². The predicted octanol–water partition coefficient (Wildman–Crippen LogP) is 3.06. The van der Waals surface area contributed by atoms with E-state index in [1.54, 1.807) is 26.0 Å². The van der Waals surface area contributed by atoms with Gasteiger partial charge >= 0.3 is 5.97 Å². The highest BCUT2D eigenvalue weighted by molar-refractivity contribution is 6.02. The van der Waals surface area contributed by atoms with Crippen molar-refractivity contribution in [2.75, 3.05) is 7.11 Å². The number of aliphatic hydroxyl groups is 3. The number of epoxide rings is 1. The molecule has 2 saturated carbocycles. The van der Waals surface area contributed by atoms with E-state index in [2.05, 4.69) is 20.8 Å². The van der Waals surface area contributed by atoms with Crippen LogP contribution >= 0.6 is 0 Å². The van der Waals surface area contributed by atoms with Gasteiger partial charge in [0.1, 0.15) is 11.4 Å². The Morgan fingerprint density at radius 3 is 2.46 bits per heavy atom. The van der Waals surface area contributed by atoms with Gasteiger partial charge in [0.15, 0.2) is 5.78 Å². The minimum absolute atomic E-state index is 0.0961. The first-order valence-corrected chi connectivity index (χ1v) is 14.2.